The second-order valence-corrected chi connectivity index (χ2v) is 5.92. The van der Waals surface area contributed by atoms with E-state index in [0.29, 0.717) is 0 Å². The summed E-state index contributed by atoms with van der Waals surface area (Å²) in [5, 5.41) is 28.3. The molecular formula is C14H16O14. The summed E-state index contributed by atoms with van der Waals surface area (Å²) in [6, 6.07) is 0. The van der Waals surface area contributed by atoms with Gasteiger partial charge in [0.25, 0.3) is 12.9 Å². The minimum atomic E-state index is -1.82. The van der Waals surface area contributed by atoms with Crippen LogP contribution in [0.3, 0.4) is 0 Å². The molecule has 0 aromatic rings. The zero-order chi connectivity index (χ0) is 20.4. The van der Waals surface area contributed by atoms with Crippen LogP contribution in [0.1, 0.15) is 0 Å². The van der Waals surface area contributed by atoms with Gasteiger partial charge in [-0.3, -0.25) is 9.59 Å². The molecule has 9 unspecified atom stereocenters. The van der Waals surface area contributed by atoms with Crippen molar-refractivity contribution in [2.75, 3.05) is 6.61 Å². The fraction of sp³-hybridized carbons (Fsp3) is 0.714. The van der Waals surface area contributed by atoms with E-state index in [0.717, 1.165) is 0 Å². The number of aliphatic carboxylic acids is 2. The molecule has 3 fully saturated rings. The standard InChI is InChI=1S/C14H16O14/c15-2-23-8(10(17)18)13-22-1-4-5(26-13)6-7(12(21)25-4)28-14(27-6)9(11(19)20)24-3-16/h2-9,12-14,21H,1H2,(H,17,18)(H,19,20). The monoisotopic (exact) mass is 408 g/mol. The minimum Gasteiger partial charge on any atom is -0.478 e. The van der Waals surface area contributed by atoms with Gasteiger partial charge >= 0.3 is 11.9 Å². The molecule has 0 aliphatic carbocycles. The van der Waals surface area contributed by atoms with Crippen LogP contribution in [0.15, 0.2) is 0 Å². The van der Waals surface area contributed by atoms with Crippen LogP contribution in [0.2, 0.25) is 0 Å². The smallest absolute Gasteiger partial charge is 0.350 e. The molecule has 156 valence electrons. The fourth-order valence-corrected chi connectivity index (χ4v) is 3.12. The molecule has 0 bridgehead atoms. The van der Waals surface area contributed by atoms with E-state index in [-0.39, 0.29) is 19.6 Å². The van der Waals surface area contributed by atoms with Crippen LogP contribution >= 0.6 is 0 Å². The van der Waals surface area contributed by atoms with Gasteiger partial charge in [-0.25, -0.2) is 9.59 Å². The van der Waals surface area contributed by atoms with E-state index in [1.54, 1.807) is 0 Å². The van der Waals surface area contributed by atoms with Crippen molar-refractivity contribution in [3.63, 3.8) is 0 Å². The van der Waals surface area contributed by atoms with Crippen molar-refractivity contribution in [3.8, 4) is 0 Å². The third kappa shape index (κ3) is 3.78. The molecule has 0 amide bonds. The first-order valence-corrected chi connectivity index (χ1v) is 7.92. The highest BCUT2D eigenvalue weighted by molar-refractivity contribution is 5.74. The molecule has 9 atom stereocenters. The fourth-order valence-electron chi connectivity index (χ4n) is 3.12. The number of carbonyl (C=O) groups excluding carboxylic acids is 2. The maximum Gasteiger partial charge on any atom is 0.350 e. The van der Waals surface area contributed by atoms with Crippen molar-refractivity contribution in [2.24, 2.45) is 0 Å². The highest BCUT2D eigenvalue weighted by Crippen LogP contribution is 2.37. The van der Waals surface area contributed by atoms with Crippen molar-refractivity contribution in [3.05, 3.63) is 0 Å². The molecule has 3 aliphatic rings. The van der Waals surface area contributed by atoms with Crippen LogP contribution in [0.25, 0.3) is 0 Å². The van der Waals surface area contributed by atoms with Gasteiger partial charge in [-0.15, -0.1) is 0 Å². The summed E-state index contributed by atoms with van der Waals surface area (Å²) in [5.41, 5.74) is 0. The zero-order valence-electron chi connectivity index (χ0n) is 13.9. The number of carboxylic acid groups (broad SMARTS) is 2. The van der Waals surface area contributed by atoms with Gasteiger partial charge in [0.05, 0.1) is 6.61 Å². The summed E-state index contributed by atoms with van der Waals surface area (Å²) >= 11 is 0. The Bertz CT molecular complexity index is 623. The average Bonchev–Trinajstić information content (AvgIpc) is 3.09. The number of carboxylic acids is 2. The van der Waals surface area contributed by atoms with Crippen molar-refractivity contribution in [1.29, 1.82) is 0 Å². The highest BCUT2D eigenvalue weighted by atomic mass is 16.8. The second-order valence-electron chi connectivity index (χ2n) is 5.92. The molecule has 14 heteroatoms. The number of ether oxygens (including phenoxy) is 7. The third-order valence-corrected chi connectivity index (χ3v) is 4.29. The van der Waals surface area contributed by atoms with E-state index < -0.39 is 67.4 Å². The van der Waals surface area contributed by atoms with Gasteiger partial charge in [0.1, 0.15) is 24.4 Å². The SMILES string of the molecule is O=COC(C(=O)O)C1OCC2OC(O)C3OC(C(OC=O)C(=O)O)OC3C2O1. The molecule has 3 aliphatic heterocycles. The Hall–Kier alpha value is -2.36. The topological polar surface area (TPSA) is 194 Å². The van der Waals surface area contributed by atoms with Crippen LogP contribution in [0, 0.1) is 0 Å². The van der Waals surface area contributed by atoms with Crippen molar-refractivity contribution < 1.29 is 67.7 Å². The Labute approximate surface area is 155 Å². The number of fused-ring (bicyclic) bond motifs is 3. The largest absolute Gasteiger partial charge is 0.478 e. The maximum absolute atomic E-state index is 11.2. The van der Waals surface area contributed by atoms with Gasteiger partial charge in [-0.05, 0) is 0 Å². The summed E-state index contributed by atoms with van der Waals surface area (Å²) < 4.78 is 35.6. The van der Waals surface area contributed by atoms with Crippen molar-refractivity contribution in [2.45, 2.75) is 55.5 Å². The predicted octanol–water partition coefficient (Wildman–Crippen LogP) is -3.19. The Kier molecular flexibility index (Phi) is 6.07. The number of hydrogen-bond acceptors (Lipinski definition) is 12. The average molecular weight is 408 g/mol. The highest BCUT2D eigenvalue weighted by Gasteiger charge is 2.58. The van der Waals surface area contributed by atoms with E-state index in [1.807, 2.05) is 0 Å². The summed E-state index contributed by atoms with van der Waals surface area (Å²) in [6.45, 7) is -0.428. The van der Waals surface area contributed by atoms with E-state index in [2.05, 4.69) is 9.47 Å². The van der Waals surface area contributed by atoms with Crippen LogP contribution in [0.4, 0.5) is 0 Å². The number of aliphatic hydroxyl groups excluding tert-OH is 1. The van der Waals surface area contributed by atoms with Gasteiger partial charge < -0.3 is 48.5 Å². The Morgan fingerprint density at radius 2 is 1.39 bits per heavy atom. The van der Waals surface area contributed by atoms with Crippen LogP contribution in [-0.2, 0) is 52.3 Å². The molecule has 0 radical (unpaired) electrons. The maximum atomic E-state index is 11.2. The van der Waals surface area contributed by atoms with E-state index >= 15 is 0 Å². The molecule has 0 spiro atoms. The Morgan fingerprint density at radius 3 is 1.96 bits per heavy atom. The van der Waals surface area contributed by atoms with Crippen LogP contribution in [-0.4, -0.2) is 102 Å². The van der Waals surface area contributed by atoms with Gasteiger partial charge in [-0.1, -0.05) is 0 Å². The zero-order valence-corrected chi connectivity index (χ0v) is 13.9. The predicted molar refractivity (Wildman–Crippen MR) is 76.2 cm³/mol. The molecule has 0 aromatic carbocycles. The van der Waals surface area contributed by atoms with Crippen LogP contribution in [0.5, 0.6) is 0 Å². The van der Waals surface area contributed by atoms with Crippen molar-refractivity contribution >= 4 is 24.9 Å². The number of hydrogen-bond donors (Lipinski definition) is 3. The van der Waals surface area contributed by atoms with Gasteiger partial charge in [-0.2, -0.15) is 0 Å². The lowest BCUT2D eigenvalue weighted by Gasteiger charge is -2.45. The second kappa shape index (κ2) is 8.34. The first kappa shape index (κ1) is 20.4. The first-order chi connectivity index (χ1) is 13.4. The lowest BCUT2D eigenvalue weighted by molar-refractivity contribution is -0.347. The van der Waals surface area contributed by atoms with Gasteiger partial charge in [0.15, 0.2) is 6.29 Å². The quantitative estimate of drug-likeness (QED) is 0.340. The van der Waals surface area contributed by atoms with Gasteiger partial charge in [0, 0.05) is 0 Å². The summed E-state index contributed by atoms with van der Waals surface area (Å²) in [7, 11) is 0. The lowest BCUT2D eigenvalue weighted by atomic mass is 9.98. The van der Waals surface area contributed by atoms with E-state index in [4.69, 9.17) is 33.9 Å². The Balaban J connectivity index is 1.77. The molecule has 28 heavy (non-hydrogen) atoms. The van der Waals surface area contributed by atoms with Crippen LogP contribution < -0.4 is 0 Å². The number of rotatable bonds is 8. The summed E-state index contributed by atoms with van der Waals surface area (Å²) in [4.78, 5) is 43.5. The molecule has 0 saturated carbocycles. The first-order valence-electron chi connectivity index (χ1n) is 7.92. The van der Waals surface area contributed by atoms with Gasteiger partial charge in [0.2, 0.25) is 24.8 Å². The third-order valence-electron chi connectivity index (χ3n) is 4.29. The molecule has 3 N–H and O–H groups in total. The molecule has 3 rings (SSSR count). The molecule has 14 nitrogen and oxygen atoms in total. The number of aliphatic hydroxyl groups is 1. The normalized spacial score (nSPS) is 39.0. The molecule has 0 aromatic heterocycles. The van der Waals surface area contributed by atoms with Crippen molar-refractivity contribution in [1.82, 2.24) is 0 Å². The molecular weight excluding hydrogens is 392 g/mol. The van der Waals surface area contributed by atoms with E-state index in [9.17, 15) is 24.3 Å². The Morgan fingerprint density at radius 1 is 0.857 bits per heavy atom. The summed E-state index contributed by atoms with van der Waals surface area (Å²) in [5.74, 6) is -3.09. The summed E-state index contributed by atoms with van der Waals surface area (Å²) in [6.07, 6.45) is -12.6. The molecule has 3 saturated heterocycles. The molecule has 3 heterocycles. The minimum absolute atomic E-state index is 0.0824. The lowest BCUT2D eigenvalue weighted by Crippen LogP contribution is -2.63. The van der Waals surface area contributed by atoms with E-state index in [1.165, 1.54) is 0 Å². The number of carbonyl (C=O) groups is 4.